The van der Waals surface area contributed by atoms with E-state index in [2.05, 4.69) is 15.3 Å². The van der Waals surface area contributed by atoms with Crippen LogP contribution in [0.25, 0.3) is 16.8 Å². The number of carbonyl (C=O) groups excluding carboxylic acids is 1. The molecular formula is C23H19FN4O3. The molecule has 2 aromatic heterocycles. The molecule has 0 amide bonds. The van der Waals surface area contributed by atoms with Crippen LogP contribution in [0.5, 0.6) is 5.75 Å². The van der Waals surface area contributed by atoms with Gasteiger partial charge in [-0.05, 0) is 35.7 Å². The van der Waals surface area contributed by atoms with Gasteiger partial charge in [-0.3, -0.25) is 4.79 Å². The summed E-state index contributed by atoms with van der Waals surface area (Å²) in [6.07, 6.45) is 0.712. The second kappa shape index (κ2) is 7.55. The lowest BCUT2D eigenvalue weighted by molar-refractivity contribution is 0.0955. The number of methoxy groups -OCH3 is 1. The molecule has 0 bridgehead atoms. The van der Waals surface area contributed by atoms with Crippen LogP contribution in [0, 0.1) is 5.82 Å². The van der Waals surface area contributed by atoms with E-state index in [0.717, 1.165) is 11.1 Å². The molecule has 1 N–H and O–H groups in total. The Labute approximate surface area is 177 Å². The lowest BCUT2D eigenvalue weighted by atomic mass is 9.83. The van der Waals surface area contributed by atoms with E-state index in [1.165, 1.54) is 12.1 Å². The molecule has 0 saturated heterocycles. The highest BCUT2D eigenvalue weighted by molar-refractivity contribution is 5.97. The zero-order valence-electron chi connectivity index (χ0n) is 16.7. The first kappa shape index (κ1) is 19.3. The molecular weight excluding hydrogens is 399 g/mol. The van der Waals surface area contributed by atoms with Crippen LogP contribution in [0.1, 0.15) is 39.8 Å². The molecule has 2 heterocycles. The Hall–Kier alpha value is -3.65. The molecule has 0 fully saturated rings. The molecule has 0 unspecified atom stereocenters. The molecule has 0 radical (unpaired) electrons. The number of fused-ring (bicyclic) bond motifs is 3. The number of halogens is 1. The first-order valence-corrected chi connectivity index (χ1v) is 9.90. The molecule has 4 aromatic rings. The Morgan fingerprint density at radius 2 is 1.90 bits per heavy atom. The number of Topliss-reactive ketones (excluding diaryl/α,β-unsaturated/α-hetero) is 1. The summed E-state index contributed by atoms with van der Waals surface area (Å²) in [5, 5.41) is 23.5. The van der Waals surface area contributed by atoms with Crippen molar-refractivity contribution in [2.45, 2.75) is 25.4 Å². The maximum Gasteiger partial charge on any atom is 0.185 e. The summed E-state index contributed by atoms with van der Waals surface area (Å²) in [7, 11) is 1.57. The number of carbonyl (C=O) groups is 1. The second-order valence-corrected chi connectivity index (χ2v) is 7.58. The van der Waals surface area contributed by atoms with Crippen LogP contribution in [0.3, 0.4) is 0 Å². The van der Waals surface area contributed by atoms with Crippen molar-refractivity contribution in [2.75, 3.05) is 7.11 Å². The molecule has 0 saturated carbocycles. The number of aromatic hydroxyl groups is 1. The van der Waals surface area contributed by atoms with Gasteiger partial charge >= 0.3 is 0 Å². The van der Waals surface area contributed by atoms with Gasteiger partial charge in [0.1, 0.15) is 11.6 Å². The minimum absolute atomic E-state index is 0.143. The van der Waals surface area contributed by atoms with E-state index in [0.29, 0.717) is 29.0 Å². The average Bonchev–Trinajstić information content (AvgIpc) is 3.13. The van der Waals surface area contributed by atoms with Crippen molar-refractivity contribution in [2.24, 2.45) is 0 Å². The zero-order chi connectivity index (χ0) is 21.5. The number of benzene rings is 2. The van der Waals surface area contributed by atoms with E-state index in [-0.39, 0.29) is 42.0 Å². The molecule has 7 nitrogen and oxygen atoms in total. The second-order valence-electron chi connectivity index (χ2n) is 7.58. The van der Waals surface area contributed by atoms with Crippen molar-refractivity contribution < 1.29 is 19.0 Å². The Balaban J connectivity index is 1.69. The lowest BCUT2D eigenvalue weighted by Gasteiger charge is -2.23. The van der Waals surface area contributed by atoms with Gasteiger partial charge in [0.2, 0.25) is 0 Å². The van der Waals surface area contributed by atoms with E-state index < -0.39 is 0 Å². The number of hydrogen-bond acceptors (Lipinski definition) is 6. The first-order chi connectivity index (χ1) is 15.1. The van der Waals surface area contributed by atoms with Gasteiger partial charge in [0, 0.05) is 19.4 Å². The number of phenols is 1. The summed E-state index contributed by atoms with van der Waals surface area (Å²) in [6.45, 7) is 0.224. The zero-order valence-corrected chi connectivity index (χ0v) is 16.7. The molecule has 0 spiro atoms. The normalized spacial score (nSPS) is 15.9. The predicted molar refractivity (Wildman–Crippen MR) is 110 cm³/mol. The number of aromatic nitrogens is 4. The molecule has 0 aliphatic heterocycles. The highest BCUT2D eigenvalue weighted by atomic mass is 19.1. The summed E-state index contributed by atoms with van der Waals surface area (Å²) < 4.78 is 20.4. The van der Waals surface area contributed by atoms with Gasteiger partial charge < -0.3 is 9.84 Å². The van der Waals surface area contributed by atoms with Crippen LogP contribution < -0.4 is 0 Å². The largest absolute Gasteiger partial charge is 0.508 e. The van der Waals surface area contributed by atoms with Crippen LogP contribution in [0.4, 0.5) is 4.39 Å². The summed E-state index contributed by atoms with van der Waals surface area (Å²) >= 11 is 0. The lowest BCUT2D eigenvalue weighted by Crippen LogP contribution is -2.24. The number of rotatable bonds is 4. The van der Waals surface area contributed by atoms with Crippen molar-refractivity contribution in [3.8, 4) is 16.9 Å². The van der Waals surface area contributed by atoms with Crippen LogP contribution in [0.15, 0.2) is 48.5 Å². The summed E-state index contributed by atoms with van der Waals surface area (Å²) in [5.41, 5.74) is 4.16. The number of hydrogen-bond donors (Lipinski definition) is 1. The Morgan fingerprint density at radius 3 is 2.65 bits per heavy atom. The molecule has 2 aromatic carbocycles. The smallest absolute Gasteiger partial charge is 0.185 e. The maximum atomic E-state index is 13.5. The monoisotopic (exact) mass is 418 g/mol. The summed E-state index contributed by atoms with van der Waals surface area (Å²) in [6, 6.07) is 13.1. The molecule has 1 aliphatic carbocycles. The average molecular weight is 418 g/mol. The number of nitrogens with zero attached hydrogens (tertiary/aromatic N) is 4. The standard InChI is InChI=1S/C23H19FN4O3/c1-31-12-17-21(13-6-8-15(24)9-7-13)23-26-25-22-18(28(23)27-17)10-14(11-20(22)30)16-4-2-3-5-19(16)29/h2-9,14,29H,10-12H2,1H3/t14-/m0/s1. The van der Waals surface area contributed by atoms with Gasteiger partial charge in [0.15, 0.2) is 17.1 Å². The molecule has 8 heteroatoms. The van der Waals surface area contributed by atoms with Crippen molar-refractivity contribution >= 4 is 11.4 Å². The quantitative estimate of drug-likeness (QED) is 0.544. The SMILES string of the molecule is COCc1nn2c3c(nnc2c1-c1ccc(F)cc1)C(=O)C[C@@H](c1ccccc1O)C3. The van der Waals surface area contributed by atoms with Crippen molar-refractivity contribution in [1.82, 2.24) is 19.8 Å². The van der Waals surface area contributed by atoms with Gasteiger partial charge in [-0.15, -0.1) is 10.2 Å². The van der Waals surface area contributed by atoms with Crippen LogP contribution in [-0.4, -0.2) is 37.8 Å². The minimum Gasteiger partial charge on any atom is -0.508 e. The summed E-state index contributed by atoms with van der Waals surface area (Å²) in [5.74, 6) is -0.517. The van der Waals surface area contributed by atoms with E-state index in [1.54, 1.807) is 35.9 Å². The Morgan fingerprint density at radius 1 is 1.13 bits per heavy atom. The fourth-order valence-electron chi connectivity index (χ4n) is 4.22. The van der Waals surface area contributed by atoms with Crippen molar-refractivity contribution in [1.29, 1.82) is 0 Å². The van der Waals surface area contributed by atoms with Gasteiger partial charge in [-0.25, -0.2) is 8.91 Å². The third kappa shape index (κ3) is 3.25. The highest BCUT2D eigenvalue weighted by Crippen LogP contribution is 2.37. The Kier molecular flexibility index (Phi) is 4.71. The van der Waals surface area contributed by atoms with Gasteiger partial charge in [0.05, 0.1) is 23.6 Å². The highest BCUT2D eigenvalue weighted by Gasteiger charge is 2.32. The van der Waals surface area contributed by atoms with Crippen molar-refractivity contribution in [3.63, 3.8) is 0 Å². The van der Waals surface area contributed by atoms with Gasteiger partial charge in [0.25, 0.3) is 0 Å². The van der Waals surface area contributed by atoms with Gasteiger partial charge in [-0.2, -0.15) is 5.10 Å². The fraction of sp³-hybridized carbons (Fsp3) is 0.217. The van der Waals surface area contributed by atoms with Crippen LogP contribution in [-0.2, 0) is 17.8 Å². The molecule has 156 valence electrons. The molecule has 1 atom stereocenters. The van der Waals surface area contributed by atoms with E-state index in [1.807, 2.05) is 12.1 Å². The predicted octanol–water partition coefficient (Wildman–Crippen LogP) is 3.70. The van der Waals surface area contributed by atoms with Crippen LogP contribution >= 0.6 is 0 Å². The topological polar surface area (TPSA) is 89.6 Å². The first-order valence-electron chi connectivity index (χ1n) is 9.90. The number of para-hydroxylation sites is 1. The molecule has 31 heavy (non-hydrogen) atoms. The minimum atomic E-state index is -0.340. The van der Waals surface area contributed by atoms with Crippen LogP contribution in [0.2, 0.25) is 0 Å². The van der Waals surface area contributed by atoms with E-state index in [9.17, 15) is 14.3 Å². The summed E-state index contributed by atoms with van der Waals surface area (Å²) in [4.78, 5) is 12.9. The van der Waals surface area contributed by atoms with E-state index in [4.69, 9.17) is 4.74 Å². The maximum absolute atomic E-state index is 13.5. The van der Waals surface area contributed by atoms with E-state index >= 15 is 0 Å². The number of phenolic OH excluding ortho intramolecular Hbond substituents is 1. The van der Waals surface area contributed by atoms with Gasteiger partial charge in [-0.1, -0.05) is 30.3 Å². The third-order valence-corrected chi connectivity index (χ3v) is 5.63. The number of ether oxygens (including phenoxy) is 1. The fourth-order valence-corrected chi connectivity index (χ4v) is 4.22. The van der Waals surface area contributed by atoms with Crippen molar-refractivity contribution in [3.05, 3.63) is 77.0 Å². The third-order valence-electron chi connectivity index (χ3n) is 5.63. The Bertz CT molecular complexity index is 1300. The molecule has 1 aliphatic rings. The number of ketones is 1. The molecule has 5 rings (SSSR count).